The summed E-state index contributed by atoms with van der Waals surface area (Å²) in [6, 6.07) is 9.91. The Hall–Kier alpha value is -0.230. The summed E-state index contributed by atoms with van der Waals surface area (Å²) >= 11 is 9.96. The van der Waals surface area contributed by atoms with Crippen molar-refractivity contribution in [2.24, 2.45) is 0 Å². The Morgan fingerprint density at radius 2 is 1.44 bits per heavy atom. The van der Waals surface area contributed by atoms with Crippen LogP contribution >= 0.6 is 47.8 Å². The molecule has 1 atom stereocenters. The number of rotatable bonds is 2. The fraction of sp³-hybridized carbons (Fsp3) is 0.0769. The molecule has 0 aliphatic carbocycles. The van der Waals surface area contributed by atoms with Gasteiger partial charge in [0.2, 0.25) is 0 Å². The third-order valence-corrected chi connectivity index (χ3v) is 4.21. The van der Waals surface area contributed by atoms with Gasteiger partial charge in [-0.15, -0.1) is 0 Å². The Morgan fingerprint density at radius 3 is 2.11 bits per heavy atom. The van der Waals surface area contributed by atoms with Gasteiger partial charge >= 0.3 is 0 Å². The zero-order chi connectivity index (χ0) is 13.3. The number of halogens is 4. The van der Waals surface area contributed by atoms with Crippen LogP contribution in [0.3, 0.4) is 0 Å². The Bertz CT molecular complexity index is 535. The van der Waals surface area contributed by atoms with Crippen molar-refractivity contribution in [2.75, 3.05) is 0 Å². The standard InChI is InChI=1S/C13H8Br3FO/c14-7-1-3-11(16)9(5-7)13(18)10-6-8(15)2-4-12(10)17/h1-6,13,18H. The molecule has 0 fully saturated rings. The molecule has 1 unspecified atom stereocenters. The van der Waals surface area contributed by atoms with Crippen LogP contribution in [-0.2, 0) is 0 Å². The first-order chi connectivity index (χ1) is 8.49. The topological polar surface area (TPSA) is 20.2 Å². The highest BCUT2D eigenvalue weighted by atomic mass is 79.9. The molecule has 0 radical (unpaired) electrons. The van der Waals surface area contributed by atoms with E-state index >= 15 is 0 Å². The number of hydrogen-bond donors (Lipinski definition) is 1. The molecule has 94 valence electrons. The van der Waals surface area contributed by atoms with Crippen molar-refractivity contribution in [3.05, 3.63) is 66.8 Å². The van der Waals surface area contributed by atoms with Crippen molar-refractivity contribution in [1.29, 1.82) is 0 Å². The molecule has 18 heavy (non-hydrogen) atoms. The summed E-state index contributed by atoms with van der Waals surface area (Å²) in [4.78, 5) is 0. The predicted molar refractivity (Wildman–Crippen MR) is 80.0 cm³/mol. The molecule has 5 heteroatoms. The van der Waals surface area contributed by atoms with Crippen molar-refractivity contribution in [1.82, 2.24) is 0 Å². The largest absolute Gasteiger partial charge is 0.384 e. The van der Waals surface area contributed by atoms with Gasteiger partial charge < -0.3 is 5.11 Å². The van der Waals surface area contributed by atoms with Crippen molar-refractivity contribution in [3.8, 4) is 0 Å². The summed E-state index contributed by atoms with van der Waals surface area (Å²) in [6.45, 7) is 0. The van der Waals surface area contributed by atoms with E-state index in [0.29, 0.717) is 5.56 Å². The Labute approximate surface area is 129 Å². The zero-order valence-corrected chi connectivity index (χ0v) is 13.8. The Morgan fingerprint density at radius 1 is 0.889 bits per heavy atom. The summed E-state index contributed by atoms with van der Waals surface area (Å²) in [7, 11) is 0. The maximum absolute atomic E-state index is 13.7. The van der Waals surface area contributed by atoms with E-state index in [1.807, 2.05) is 6.07 Å². The normalized spacial score (nSPS) is 12.5. The van der Waals surface area contributed by atoms with E-state index in [1.165, 1.54) is 6.07 Å². The molecular weight excluding hydrogens is 431 g/mol. The average Bonchev–Trinajstić information content (AvgIpc) is 2.34. The van der Waals surface area contributed by atoms with Crippen LogP contribution < -0.4 is 0 Å². The SMILES string of the molecule is OC(c1cc(Br)ccc1F)c1cc(Br)ccc1Br. The molecule has 1 N–H and O–H groups in total. The molecule has 0 heterocycles. The molecule has 2 rings (SSSR count). The minimum Gasteiger partial charge on any atom is -0.384 e. The molecule has 0 aliphatic rings. The van der Waals surface area contributed by atoms with Crippen LogP contribution in [0.4, 0.5) is 4.39 Å². The van der Waals surface area contributed by atoms with Crippen LogP contribution in [0.25, 0.3) is 0 Å². The minimum atomic E-state index is -1.02. The molecule has 1 nitrogen and oxygen atoms in total. The first-order valence-electron chi connectivity index (χ1n) is 5.07. The first-order valence-corrected chi connectivity index (χ1v) is 7.45. The second-order valence-corrected chi connectivity index (χ2v) is 6.42. The molecule has 0 bridgehead atoms. The van der Waals surface area contributed by atoms with Gasteiger partial charge in [0.1, 0.15) is 11.9 Å². The van der Waals surface area contributed by atoms with E-state index in [9.17, 15) is 9.50 Å². The van der Waals surface area contributed by atoms with Gasteiger partial charge in [0.05, 0.1) is 0 Å². The summed E-state index contributed by atoms with van der Waals surface area (Å²) in [5, 5.41) is 10.3. The van der Waals surface area contributed by atoms with Crippen LogP contribution in [0.2, 0.25) is 0 Å². The van der Waals surface area contributed by atoms with Crippen LogP contribution in [0.1, 0.15) is 17.2 Å². The van der Waals surface area contributed by atoms with E-state index in [0.717, 1.165) is 13.4 Å². The Kier molecular flexibility index (Phi) is 4.59. The maximum atomic E-state index is 13.7. The van der Waals surface area contributed by atoms with Gasteiger partial charge in [0, 0.05) is 24.5 Å². The minimum absolute atomic E-state index is 0.239. The van der Waals surface area contributed by atoms with E-state index in [4.69, 9.17) is 0 Å². The maximum Gasteiger partial charge on any atom is 0.129 e. The summed E-state index contributed by atoms with van der Waals surface area (Å²) in [6.07, 6.45) is -1.02. The van der Waals surface area contributed by atoms with Crippen molar-refractivity contribution in [2.45, 2.75) is 6.10 Å². The van der Waals surface area contributed by atoms with Crippen LogP contribution in [0.5, 0.6) is 0 Å². The van der Waals surface area contributed by atoms with Gasteiger partial charge in [-0.2, -0.15) is 0 Å². The zero-order valence-electron chi connectivity index (χ0n) is 9.00. The lowest BCUT2D eigenvalue weighted by Crippen LogP contribution is -2.03. The number of benzene rings is 2. The van der Waals surface area contributed by atoms with Crippen molar-refractivity contribution < 1.29 is 9.50 Å². The molecule has 0 saturated heterocycles. The average molecular weight is 439 g/mol. The summed E-state index contributed by atoms with van der Waals surface area (Å²) in [5.74, 6) is -0.433. The first kappa shape index (κ1) is 14.2. The smallest absolute Gasteiger partial charge is 0.129 e. The van der Waals surface area contributed by atoms with Crippen LogP contribution in [0.15, 0.2) is 49.8 Å². The lowest BCUT2D eigenvalue weighted by atomic mass is 10.0. The highest BCUT2D eigenvalue weighted by molar-refractivity contribution is 9.11. The highest BCUT2D eigenvalue weighted by Gasteiger charge is 2.18. The quantitative estimate of drug-likeness (QED) is 0.683. The third kappa shape index (κ3) is 3.02. The van der Waals surface area contributed by atoms with Crippen LogP contribution in [-0.4, -0.2) is 5.11 Å². The van der Waals surface area contributed by atoms with Gasteiger partial charge in [-0.3, -0.25) is 0 Å². The molecule has 0 aliphatic heterocycles. The van der Waals surface area contributed by atoms with Crippen molar-refractivity contribution >= 4 is 47.8 Å². The van der Waals surface area contributed by atoms with E-state index in [-0.39, 0.29) is 5.56 Å². The second-order valence-electron chi connectivity index (χ2n) is 3.73. The number of hydrogen-bond acceptors (Lipinski definition) is 1. The third-order valence-electron chi connectivity index (χ3n) is 2.51. The van der Waals surface area contributed by atoms with E-state index in [1.54, 1.807) is 24.3 Å². The number of aliphatic hydroxyl groups is 1. The number of aliphatic hydroxyl groups excluding tert-OH is 1. The van der Waals surface area contributed by atoms with Gasteiger partial charge in [-0.05, 0) is 36.4 Å². The van der Waals surface area contributed by atoms with Crippen LogP contribution in [0, 0.1) is 5.82 Å². The molecule has 2 aromatic carbocycles. The Balaban J connectivity index is 2.50. The fourth-order valence-corrected chi connectivity index (χ4v) is 2.84. The molecule has 0 spiro atoms. The monoisotopic (exact) mass is 436 g/mol. The fourth-order valence-electron chi connectivity index (χ4n) is 1.62. The van der Waals surface area contributed by atoms with E-state index in [2.05, 4.69) is 47.8 Å². The summed E-state index contributed by atoms with van der Waals surface area (Å²) < 4.78 is 16.0. The summed E-state index contributed by atoms with van der Waals surface area (Å²) in [5.41, 5.74) is 0.851. The van der Waals surface area contributed by atoms with Gasteiger partial charge in [-0.1, -0.05) is 47.8 Å². The van der Waals surface area contributed by atoms with Gasteiger partial charge in [0.15, 0.2) is 0 Å². The van der Waals surface area contributed by atoms with E-state index < -0.39 is 11.9 Å². The molecule has 0 saturated carbocycles. The van der Waals surface area contributed by atoms with Gasteiger partial charge in [-0.25, -0.2) is 4.39 Å². The predicted octanol–water partition coefficient (Wildman–Crippen LogP) is 5.19. The lowest BCUT2D eigenvalue weighted by Gasteiger charge is -2.15. The van der Waals surface area contributed by atoms with Gasteiger partial charge in [0.25, 0.3) is 0 Å². The highest BCUT2D eigenvalue weighted by Crippen LogP contribution is 2.33. The second kappa shape index (κ2) is 5.82. The molecule has 2 aromatic rings. The molecular formula is C13H8Br3FO. The molecule has 0 amide bonds. The molecule has 0 aromatic heterocycles. The lowest BCUT2D eigenvalue weighted by molar-refractivity contribution is 0.214. The van der Waals surface area contributed by atoms with Crippen molar-refractivity contribution in [3.63, 3.8) is 0 Å².